The van der Waals surface area contributed by atoms with E-state index in [0.717, 1.165) is 30.0 Å². The second-order valence-corrected chi connectivity index (χ2v) is 5.96. The number of benzene rings is 1. The van der Waals surface area contributed by atoms with Gasteiger partial charge in [0.25, 0.3) is 0 Å². The Hall–Kier alpha value is -2.30. The smallest absolute Gasteiger partial charge is 0.344 e. The average molecular weight is 299 g/mol. The predicted octanol–water partition coefficient (Wildman–Crippen LogP) is 1.77. The molecule has 4 rings (SSSR count). The van der Waals surface area contributed by atoms with Gasteiger partial charge in [-0.1, -0.05) is 6.07 Å². The maximum atomic E-state index is 12.4. The van der Waals surface area contributed by atoms with Crippen LogP contribution >= 0.6 is 0 Å². The molecule has 0 fully saturated rings. The number of esters is 1. The summed E-state index contributed by atoms with van der Waals surface area (Å²) in [5.41, 5.74) is 3.40. The second kappa shape index (κ2) is 4.60. The standard InChI is InChI=1S/C17H17NO4/c1-9-16-15(17(20)22-9)14(19)8-13-12-4-3-11(21-2)7-10(12)5-6-18(13)16/h3-4,7,9,13H,5-6,8H2,1-2H3/t9-,13-/m0/s1. The van der Waals surface area contributed by atoms with Crippen molar-refractivity contribution in [2.24, 2.45) is 0 Å². The molecule has 1 aromatic rings. The molecule has 0 bridgehead atoms. The molecule has 114 valence electrons. The van der Waals surface area contributed by atoms with Crippen molar-refractivity contribution in [3.63, 3.8) is 0 Å². The van der Waals surface area contributed by atoms with E-state index >= 15 is 0 Å². The summed E-state index contributed by atoms with van der Waals surface area (Å²) in [6, 6.07) is 6.00. The van der Waals surface area contributed by atoms with Gasteiger partial charge >= 0.3 is 5.97 Å². The minimum atomic E-state index is -0.466. The molecule has 3 aliphatic rings. The third-order valence-electron chi connectivity index (χ3n) is 4.80. The molecule has 3 aliphatic heterocycles. The molecule has 5 nitrogen and oxygen atoms in total. The van der Waals surface area contributed by atoms with Gasteiger partial charge in [0.2, 0.25) is 0 Å². The van der Waals surface area contributed by atoms with E-state index in [1.54, 1.807) is 7.11 Å². The number of methoxy groups -OCH3 is 1. The summed E-state index contributed by atoms with van der Waals surface area (Å²) in [7, 11) is 1.65. The van der Waals surface area contributed by atoms with Crippen molar-refractivity contribution in [1.82, 2.24) is 4.90 Å². The number of ketones is 1. The van der Waals surface area contributed by atoms with E-state index in [1.165, 1.54) is 5.56 Å². The van der Waals surface area contributed by atoms with Crippen LogP contribution in [0.2, 0.25) is 0 Å². The Morgan fingerprint density at radius 2 is 2.14 bits per heavy atom. The van der Waals surface area contributed by atoms with E-state index in [2.05, 4.69) is 4.90 Å². The van der Waals surface area contributed by atoms with Crippen molar-refractivity contribution < 1.29 is 19.1 Å². The molecule has 0 radical (unpaired) electrons. The van der Waals surface area contributed by atoms with E-state index < -0.39 is 5.97 Å². The molecule has 2 atom stereocenters. The van der Waals surface area contributed by atoms with Crippen molar-refractivity contribution in [3.8, 4) is 5.75 Å². The van der Waals surface area contributed by atoms with Gasteiger partial charge in [0.15, 0.2) is 5.78 Å². The van der Waals surface area contributed by atoms with Gasteiger partial charge in [-0.05, 0) is 36.6 Å². The Balaban J connectivity index is 1.80. The van der Waals surface area contributed by atoms with Crippen molar-refractivity contribution in [2.75, 3.05) is 13.7 Å². The van der Waals surface area contributed by atoms with Gasteiger partial charge in [-0.15, -0.1) is 0 Å². The summed E-state index contributed by atoms with van der Waals surface area (Å²) < 4.78 is 10.5. The normalized spacial score (nSPS) is 26.4. The maximum absolute atomic E-state index is 12.4. The summed E-state index contributed by atoms with van der Waals surface area (Å²) in [5.74, 6) is 0.266. The van der Waals surface area contributed by atoms with Crippen LogP contribution in [0, 0.1) is 0 Å². The highest BCUT2D eigenvalue weighted by molar-refractivity contribution is 6.20. The molecule has 1 aromatic carbocycles. The van der Waals surface area contributed by atoms with Crippen LogP contribution in [-0.4, -0.2) is 36.4 Å². The number of fused-ring (bicyclic) bond motifs is 4. The van der Waals surface area contributed by atoms with Gasteiger partial charge in [-0.25, -0.2) is 4.79 Å². The molecule has 0 spiro atoms. The van der Waals surface area contributed by atoms with E-state index in [9.17, 15) is 9.59 Å². The highest BCUT2D eigenvalue weighted by Gasteiger charge is 2.46. The lowest BCUT2D eigenvalue weighted by atomic mass is 9.84. The largest absolute Gasteiger partial charge is 0.497 e. The fraction of sp³-hybridized carbons (Fsp3) is 0.412. The summed E-state index contributed by atoms with van der Waals surface area (Å²) >= 11 is 0. The Kier molecular flexibility index (Phi) is 2.79. The van der Waals surface area contributed by atoms with Crippen molar-refractivity contribution >= 4 is 11.8 Å². The number of rotatable bonds is 1. The zero-order valence-electron chi connectivity index (χ0n) is 12.6. The molecule has 3 heterocycles. The lowest BCUT2D eigenvalue weighted by molar-refractivity contribution is -0.140. The van der Waals surface area contributed by atoms with Crippen LogP contribution in [0.1, 0.15) is 30.5 Å². The van der Waals surface area contributed by atoms with Crippen molar-refractivity contribution in [1.29, 1.82) is 0 Å². The van der Waals surface area contributed by atoms with E-state index in [1.807, 2.05) is 25.1 Å². The fourth-order valence-corrected chi connectivity index (χ4v) is 3.82. The predicted molar refractivity (Wildman–Crippen MR) is 78.3 cm³/mol. The van der Waals surface area contributed by atoms with E-state index in [4.69, 9.17) is 9.47 Å². The Bertz CT molecular complexity index is 721. The number of Topliss-reactive ketones (excluding diaryl/α,β-unsaturated/α-hetero) is 1. The summed E-state index contributed by atoms with van der Waals surface area (Å²) in [4.78, 5) is 26.5. The molecule has 22 heavy (non-hydrogen) atoms. The quantitative estimate of drug-likeness (QED) is 0.584. The number of carbonyl (C=O) groups is 2. The molecule has 0 saturated heterocycles. The van der Waals surface area contributed by atoms with Gasteiger partial charge in [0.1, 0.15) is 17.4 Å². The number of carbonyl (C=O) groups excluding carboxylic acids is 2. The van der Waals surface area contributed by atoms with E-state index in [0.29, 0.717) is 6.42 Å². The molecule has 0 unspecified atom stereocenters. The molecule has 0 amide bonds. The number of nitrogens with zero attached hydrogens (tertiary/aromatic N) is 1. The minimum Gasteiger partial charge on any atom is -0.497 e. The first-order valence-corrected chi connectivity index (χ1v) is 7.52. The number of hydrogen-bond donors (Lipinski definition) is 0. The van der Waals surface area contributed by atoms with Crippen LogP contribution in [-0.2, 0) is 20.7 Å². The van der Waals surface area contributed by atoms with Crippen LogP contribution in [0.3, 0.4) is 0 Å². The molecule has 0 saturated carbocycles. The molecular formula is C17H17NO4. The molecule has 5 heteroatoms. The second-order valence-electron chi connectivity index (χ2n) is 5.96. The lowest BCUT2D eigenvalue weighted by Gasteiger charge is -2.42. The highest BCUT2D eigenvalue weighted by Crippen LogP contribution is 2.44. The van der Waals surface area contributed by atoms with Gasteiger partial charge in [0.05, 0.1) is 18.8 Å². The van der Waals surface area contributed by atoms with Crippen molar-refractivity contribution in [3.05, 3.63) is 40.6 Å². The maximum Gasteiger partial charge on any atom is 0.344 e. The summed E-state index contributed by atoms with van der Waals surface area (Å²) in [5, 5.41) is 0. The monoisotopic (exact) mass is 299 g/mol. The first-order valence-electron chi connectivity index (χ1n) is 7.52. The molecular weight excluding hydrogens is 282 g/mol. The van der Waals surface area contributed by atoms with Crippen molar-refractivity contribution in [2.45, 2.75) is 31.9 Å². The lowest BCUT2D eigenvalue weighted by Crippen LogP contribution is -2.42. The third kappa shape index (κ3) is 1.71. The topological polar surface area (TPSA) is 55.8 Å². The Labute approximate surface area is 128 Å². The van der Waals surface area contributed by atoms with Gasteiger partial charge < -0.3 is 14.4 Å². The minimum absolute atomic E-state index is 0.00199. The fourth-order valence-electron chi connectivity index (χ4n) is 3.82. The van der Waals surface area contributed by atoms with Crippen LogP contribution in [0.25, 0.3) is 0 Å². The zero-order valence-corrected chi connectivity index (χ0v) is 12.6. The Morgan fingerprint density at radius 3 is 2.91 bits per heavy atom. The SMILES string of the molecule is COc1ccc2c(c1)CCN1C3=C(C(=O)C[C@@H]21)C(=O)O[C@H]3C. The van der Waals surface area contributed by atoms with Crippen LogP contribution in [0.5, 0.6) is 5.75 Å². The number of cyclic esters (lactones) is 1. The van der Waals surface area contributed by atoms with E-state index in [-0.39, 0.29) is 23.5 Å². The average Bonchev–Trinajstić information content (AvgIpc) is 2.82. The number of hydrogen-bond acceptors (Lipinski definition) is 5. The van der Waals surface area contributed by atoms with Crippen LogP contribution in [0.4, 0.5) is 0 Å². The first-order chi connectivity index (χ1) is 10.6. The molecule has 0 N–H and O–H groups in total. The zero-order chi connectivity index (χ0) is 15.4. The molecule has 0 aliphatic carbocycles. The number of ether oxygens (including phenoxy) is 2. The first kappa shape index (κ1) is 13.4. The third-order valence-corrected chi connectivity index (χ3v) is 4.80. The molecule has 0 aromatic heterocycles. The van der Waals surface area contributed by atoms with Crippen LogP contribution < -0.4 is 4.74 Å². The van der Waals surface area contributed by atoms with Gasteiger partial charge in [-0.2, -0.15) is 0 Å². The Morgan fingerprint density at radius 1 is 1.32 bits per heavy atom. The summed E-state index contributed by atoms with van der Waals surface area (Å²) in [6.45, 7) is 2.62. The van der Waals surface area contributed by atoms with Gasteiger partial charge in [0, 0.05) is 13.0 Å². The van der Waals surface area contributed by atoms with Gasteiger partial charge in [-0.3, -0.25) is 4.79 Å². The highest BCUT2D eigenvalue weighted by atomic mass is 16.5. The van der Waals surface area contributed by atoms with Crippen LogP contribution in [0.15, 0.2) is 29.5 Å². The summed E-state index contributed by atoms with van der Waals surface area (Å²) in [6.07, 6.45) is 0.864.